The molecule has 0 saturated carbocycles. The zero-order valence-corrected chi connectivity index (χ0v) is 18.9. The fraction of sp³-hybridized carbons (Fsp3) is 0.250. The lowest BCUT2D eigenvalue weighted by atomic mass is 10.2. The summed E-state index contributed by atoms with van der Waals surface area (Å²) in [7, 11) is 0. The van der Waals surface area contributed by atoms with Crippen molar-refractivity contribution in [1.82, 2.24) is 19.9 Å². The van der Waals surface area contributed by atoms with Gasteiger partial charge in [0.25, 0.3) is 0 Å². The first-order valence-corrected chi connectivity index (χ1v) is 9.04. The van der Waals surface area contributed by atoms with E-state index in [9.17, 15) is 0 Å². The van der Waals surface area contributed by atoms with Crippen LogP contribution in [0, 0.1) is 5.41 Å². The summed E-state index contributed by atoms with van der Waals surface area (Å²) in [6, 6.07) is 16.0. The Morgan fingerprint density at radius 1 is 0.967 bits per heavy atom. The molecule has 0 saturated heterocycles. The third kappa shape index (κ3) is 8.10. The molecule has 7 nitrogen and oxygen atoms in total. The molecule has 0 bridgehead atoms. The van der Waals surface area contributed by atoms with Crippen LogP contribution in [-0.2, 0) is 6.42 Å². The molecule has 2 heterocycles. The van der Waals surface area contributed by atoms with E-state index < -0.39 is 0 Å². The molecular formula is C20H28Cl3N7. The van der Waals surface area contributed by atoms with Crippen LogP contribution in [0.2, 0.25) is 0 Å². The number of aromatic amines is 1. The van der Waals surface area contributed by atoms with Gasteiger partial charge in [-0.25, -0.2) is 9.97 Å². The summed E-state index contributed by atoms with van der Waals surface area (Å²) in [6.45, 7) is 2.05. The Morgan fingerprint density at radius 2 is 1.70 bits per heavy atom. The highest BCUT2D eigenvalue weighted by Crippen LogP contribution is 2.22. The second-order valence-corrected chi connectivity index (χ2v) is 6.23. The van der Waals surface area contributed by atoms with E-state index in [0.29, 0.717) is 13.1 Å². The predicted octanol–water partition coefficient (Wildman–Crippen LogP) is 4.04. The molecule has 164 valence electrons. The van der Waals surface area contributed by atoms with Gasteiger partial charge in [-0.1, -0.05) is 24.3 Å². The number of nitrogens with two attached hydrogens (primary N) is 1. The fourth-order valence-electron chi connectivity index (χ4n) is 2.95. The summed E-state index contributed by atoms with van der Waals surface area (Å²) in [5.41, 5.74) is 7.98. The number of hydrogen-bond acceptors (Lipinski definition) is 4. The maximum absolute atomic E-state index is 7.91. The molecule has 1 aromatic carbocycles. The third-order valence-electron chi connectivity index (χ3n) is 4.36. The summed E-state index contributed by atoms with van der Waals surface area (Å²) in [5.74, 6) is 0.971. The second kappa shape index (κ2) is 14.5. The summed E-state index contributed by atoms with van der Waals surface area (Å²) < 4.78 is 0. The molecule has 0 aliphatic carbocycles. The molecule has 2 aromatic heterocycles. The van der Waals surface area contributed by atoms with Gasteiger partial charge in [-0.15, -0.1) is 37.2 Å². The molecule has 0 atom stereocenters. The van der Waals surface area contributed by atoms with Gasteiger partial charge in [0.2, 0.25) is 0 Å². The van der Waals surface area contributed by atoms with Gasteiger partial charge in [0.1, 0.15) is 5.82 Å². The van der Waals surface area contributed by atoms with Gasteiger partial charge in [-0.2, -0.15) is 0 Å². The van der Waals surface area contributed by atoms with Crippen LogP contribution in [0.15, 0.2) is 67.3 Å². The van der Waals surface area contributed by atoms with E-state index in [4.69, 9.17) is 11.1 Å². The number of para-hydroxylation sites is 1. The molecule has 0 radical (unpaired) electrons. The average molecular weight is 473 g/mol. The smallest absolute Gasteiger partial charge is 0.188 e. The lowest BCUT2D eigenvalue weighted by Gasteiger charge is -2.29. The Balaban J connectivity index is 0.00000280. The number of anilines is 2. The summed E-state index contributed by atoms with van der Waals surface area (Å²) in [6.07, 6.45) is 7.08. The molecule has 30 heavy (non-hydrogen) atoms. The van der Waals surface area contributed by atoms with Gasteiger partial charge in [0, 0.05) is 43.4 Å². The Bertz CT molecular complexity index is 777. The standard InChI is InChI=1S/C20H25N7.3ClH/c21-20(22)26(12-6-7-17-15-23-16-25-17)13-14-27(18-8-2-1-3-9-18)19-10-4-5-11-24-19;;;/h1-5,8-11,15-16H,6-7,12-14H2,(H3,21,22)(H,23,25);3*1H. The van der Waals surface area contributed by atoms with E-state index in [1.165, 1.54) is 0 Å². The van der Waals surface area contributed by atoms with Crippen LogP contribution in [-0.4, -0.2) is 45.4 Å². The zero-order chi connectivity index (χ0) is 18.9. The number of nitrogens with zero attached hydrogens (tertiary/aromatic N) is 4. The highest BCUT2D eigenvalue weighted by atomic mass is 35.5. The third-order valence-corrected chi connectivity index (χ3v) is 4.36. The lowest BCUT2D eigenvalue weighted by Crippen LogP contribution is -2.42. The van der Waals surface area contributed by atoms with E-state index in [0.717, 1.165) is 36.6 Å². The Morgan fingerprint density at radius 3 is 2.30 bits per heavy atom. The van der Waals surface area contributed by atoms with Crippen LogP contribution in [0.4, 0.5) is 11.5 Å². The predicted molar refractivity (Wildman–Crippen MR) is 130 cm³/mol. The monoisotopic (exact) mass is 471 g/mol. The zero-order valence-electron chi connectivity index (χ0n) is 16.5. The number of guanidine groups is 1. The molecule has 4 N–H and O–H groups in total. The molecule has 0 aliphatic rings. The van der Waals surface area contributed by atoms with E-state index in [1.807, 2.05) is 47.5 Å². The first kappa shape index (κ1) is 27.5. The van der Waals surface area contributed by atoms with Gasteiger partial charge in [-0.3, -0.25) is 5.41 Å². The number of rotatable bonds is 9. The molecule has 0 unspecified atom stereocenters. The normalized spacial score (nSPS) is 9.47. The largest absolute Gasteiger partial charge is 0.370 e. The van der Waals surface area contributed by atoms with Crippen molar-refractivity contribution in [3.05, 3.63) is 72.9 Å². The number of benzene rings is 1. The minimum Gasteiger partial charge on any atom is -0.370 e. The molecular weight excluding hydrogens is 445 g/mol. The van der Waals surface area contributed by atoms with Gasteiger partial charge >= 0.3 is 0 Å². The molecule has 0 amide bonds. The van der Waals surface area contributed by atoms with Crippen molar-refractivity contribution in [2.75, 3.05) is 24.5 Å². The van der Waals surface area contributed by atoms with Crippen LogP contribution in [0.25, 0.3) is 0 Å². The number of imidazole rings is 1. The van der Waals surface area contributed by atoms with Crippen molar-refractivity contribution in [3.63, 3.8) is 0 Å². The van der Waals surface area contributed by atoms with Crippen molar-refractivity contribution < 1.29 is 0 Å². The Kier molecular flexibility index (Phi) is 13.3. The highest BCUT2D eigenvalue weighted by Gasteiger charge is 2.13. The summed E-state index contributed by atoms with van der Waals surface area (Å²) >= 11 is 0. The van der Waals surface area contributed by atoms with Crippen LogP contribution < -0.4 is 10.6 Å². The number of H-pyrrole nitrogens is 1. The van der Waals surface area contributed by atoms with Crippen molar-refractivity contribution in [1.29, 1.82) is 5.41 Å². The number of pyridine rings is 1. The van der Waals surface area contributed by atoms with Crippen molar-refractivity contribution in [2.45, 2.75) is 12.8 Å². The first-order valence-electron chi connectivity index (χ1n) is 9.04. The molecule has 0 fully saturated rings. The van der Waals surface area contributed by atoms with E-state index >= 15 is 0 Å². The summed E-state index contributed by atoms with van der Waals surface area (Å²) in [4.78, 5) is 15.7. The van der Waals surface area contributed by atoms with Crippen molar-refractivity contribution in [2.24, 2.45) is 5.73 Å². The lowest BCUT2D eigenvalue weighted by molar-refractivity contribution is 0.410. The number of aryl methyl sites for hydroxylation is 1. The minimum atomic E-state index is 0. The molecule has 0 aliphatic heterocycles. The number of hydrogen-bond donors (Lipinski definition) is 3. The van der Waals surface area contributed by atoms with Crippen molar-refractivity contribution in [3.8, 4) is 0 Å². The molecule has 3 aromatic rings. The quantitative estimate of drug-likeness (QED) is 0.322. The highest BCUT2D eigenvalue weighted by molar-refractivity contribution is 5.86. The fourth-order valence-corrected chi connectivity index (χ4v) is 2.95. The number of aromatic nitrogens is 3. The van der Waals surface area contributed by atoms with Gasteiger partial charge < -0.3 is 20.5 Å². The van der Waals surface area contributed by atoms with E-state index in [1.54, 1.807) is 12.5 Å². The van der Waals surface area contributed by atoms with Crippen LogP contribution in [0.3, 0.4) is 0 Å². The Labute approximate surface area is 195 Å². The summed E-state index contributed by atoms with van der Waals surface area (Å²) in [5, 5.41) is 7.91. The Hall–Kier alpha value is -2.48. The van der Waals surface area contributed by atoms with Gasteiger partial charge in [0.05, 0.1) is 6.33 Å². The molecule has 0 spiro atoms. The van der Waals surface area contributed by atoms with Gasteiger partial charge in [-0.05, 0) is 37.1 Å². The number of halogens is 3. The average Bonchev–Trinajstić information content (AvgIpc) is 3.22. The molecule has 10 heteroatoms. The van der Waals surface area contributed by atoms with Crippen LogP contribution >= 0.6 is 37.2 Å². The number of nitrogens with one attached hydrogen (secondary N) is 2. The minimum absolute atomic E-state index is 0. The van der Waals surface area contributed by atoms with E-state index in [2.05, 4.69) is 32.0 Å². The second-order valence-electron chi connectivity index (χ2n) is 6.23. The molecule has 3 rings (SSSR count). The topological polar surface area (TPSA) is 97.9 Å². The van der Waals surface area contributed by atoms with E-state index in [-0.39, 0.29) is 43.2 Å². The van der Waals surface area contributed by atoms with Crippen LogP contribution in [0.1, 0.15) is 12.1 Å². The maximum Gasteiger partial charge on any atom is 0.188 e. The van der Waals surface area contributed by atoms with Crippen molar-refractivity contribution >= 4 is 54.7 Å². The van der Waals surface area contributed by atoms with Gasteiger partial charge in [0.15, 0.2) is 5.96 Å². The SMILES string of the molecule is Cl.Cl.Cl.N=C(N)N(CCCc1cnc[nH]1)CCN(c1ccccc1)c1ccccn1. The van der Waals surface area contributed by atoms with Crippen LogP contribution in [0.5, 0.6) is 0 Å². The maximum atomic E-state index is 7.91. The first-order chi connectivity index (χ1) is 13.2.